The predicted octanol–water partition coefficient (Wildman–Crippen LogP) is 0.517. The Labute approximate surface area is 94.9 Å². The van der Waals surface area contributed by atoms with Gasteiger partial charge in [0.15, 0.2) is 5.84 Å². The number of hydrogen-bond donors (Lipinski definition) is 3. The summed E-state index contributed by atoms with van der Waals surface area (Å²) in [5.74, 6) is 0.124. The Morgan fingerprint density at radius 3 is 3.06 bits per heavy atom. The Morgan fingerprint density at radius 2 is 2.38 bits per heavy atom. The lowest BCUT2D eigenvalue weighted by molar-refractivity contribution is 0.199. The van der Waals surface area contributed by atoms with E-state index in [2.05, 4.69) is 10.5 Å². The lowest BCUT2D eigenvalue weighted by atomic mass is 10.1. The van der Waals surface area contributed by atoms with Crippen molar-refractivity contribution in [3.8, 4) is 0 Å². The van der Waals surface area contributed by atoms with E-state index in [4.69, 9.17) is 15.7 Å². The van der Waals surface area contributed by atoms with E-state index in [1.54, 1.807) is 13.2 Å². The zero-order chi connectivity index (χ0) is 11.8. The molecule has 4 N–H and O–H groups in total. The molecule has 0 saturated heterocycles. The van der Waals surface area contributed by atoms with Crippen LogP contribution in [0.15, 0.2) is 29.4 Å². The van der Waals surface area contributed by atoms with Crippen molar-refractivity contribution in [2.75, 3.05) is 20.3 Å². The summed E-state index contributed by atoms with van der Waals surface area (Å²) in [6.45, 7) is 2.21. The van der Waals surface area contributed by atoms with Gasteiger partial charge in [0, 0.05) is 25.8 Å². The summed E-state index contributed by atoms with van der Waals surface area (Å²) in [4.78, 5) is 0. The summed E-state index contributed by atoms with van der Waals surface area (Å²) in [5.41, 5.74) is 7.30. The molecule has 0 aliphatic heterocycles. The van der Waals surface area contributed by atoms with Crippen LogP contribution in [0, 0.1) is 0 Å². The average molecular weight is 223 g/mol. The predicted molar refractivity (Wildman–Crippen MR) is 62.5 cm³/mol. The van der Waals surface area contributed by atoms with Gasteiger partial charge in [0.2, 0.25) is 0 Å². The Hall–Kier alpha value is -1.59. The van der Waals surface area contributed by atoms with Gasteiger partial charge < -0.3 is 21.0 Å². The molecule has 0 heterocycles. The topological polar surface area (TPSA) is 79.9 Å². The number of rotatable bonds is 6. The molecule has 5 heteroatoms. The van der Waals surface area contributed by atoms with Crippen LogP contribution in [0.5, 0.6) is 0 Å². The van der Waals surface area contributed by atoms with Crippen LogP contribution in [0.3, 0.4) is 0 Å². The SMILES string of the molecule is COCCNCc1cccc(C(N)=NO)c1. The van der Waals surface area contributed by atoms with E-state index in [1.165, 1.54) is 0 Å². The van der Waals surface area contributed by atoms with Gasteiger partial charge in [-0.05, 0) is 11.6 Å². The Balaban J connectivity index is 2.54. The summed E-state index contributed by atoms with van der Waals surface area (Å²) in [6, 6.07) is 7.54. The lowest BCUT2D eigenvalue weighted by Gasteiger charge is -2.06. The smallest absolute Gasteiger partial charge is 0.170 e. The first-order valence-electron chi connectivity index (χ1n) is 5.04. The minimum atomic E-state index is 0.124. The molecule has 0 bridgehead atoms. The van der Waals surface area contributed by atoms with Crippen LogP contribution in [-0.2, 0) is 11.3 Å². The quantitative estimate of drug-likeness (QED) is 0.216. The number of ether oxygens (including phenoxy) is 1. The molecule has 0 fully saturated rings. The second kappa shape index (κ2) is 6.81. The summed E-state index contributed by atoms with van der Waals surface area (Å²) in [7, 11) is 1.67. The minimum Gasteiger partial charge on any atom is -0.409 e. The molecule has 1 aromatic rings. The number of benzene rings is 1. The summed E-state index contributed by atoms with van der Waals surface area (Å²) in [6.07, 6.45) is 0. The second-order valence-electron chi connectivity index (χ2n) is 3.36. The van der Waals surface area contributed by atoms with Gasteiger partial charge in [0.25, 0.3) is 0 Å². The first-order chi connectivity index (χ1) is 7.77. The molecule has 0 unspecified atom stereocenters. The number of oxime groups is 1. The molecule has 0 aromatic heterocycles. The Bertz CT molecular complexity index is 353. The van der Waals surface area contributed by atoms with Crippen molar-refractivity contribution in [1.82, 2.24) is 5.32 Å². The van der Waals surface area contributed by atoms with E-state index in [1.807, 2.05) is 18.2 Å². The second-order valence-corrected chi connectivity index (χ2v) is 3.36. The minimum absolute atomic E-state index is 0.124. The van der Waals surface area contributed by atoms with E-state index in [0.717, 1.165) is 18.7 Å². The summed E-state index contributed by atoms with van der Waals surface area (Å²) in [5, 5.41) is 14.7. The van der Waals surface area contributed by atoms with E-state index in [9.17, 15) is 0 Å². The van der Waals surface area contributed by atoms with Crippen LogP contribution >= 0.6 is 0 Å². The maximum atomic E-state index is 8.56. The third-order valence-corrected chi connectivity index (χ3v) is 2.14. The van der Waals surface area contributed by atoms with Crippen molar-refractivity contribution >= 4 is 5.84 Å². The van der Waals surface area contributed by atoms with Crippen molar-refractivity contribution < 1.29 is 9.94 Å². The molecule has 5 nitrogen and oxygen atoms in total. The lowest BCUT2D eigenvalue weighted by Crippen LogP contribution is -2.19. The maximum Gasteiger partial charge on any atom is 0.170 e. The Kier molecular flexibility index (Phi) is 5.31. The normalized spacial score (nSPS) is 11.7. The van der Waals surface area contributed by atoms with Crippen LogP contribution in [-0.4, -0.2) is 31.3 Å². The first kappa shape index (κ1) is 12.5. The van der Waals surface area contributed by atoms with Gasteiger partial charge in [-0.2, -0.15) is 0 Å². The summed E-state index contributed by atoms with van der Waals surface area (Å²) >= 11 is 0. The number of nitrogens with zero attached hydrogens (tertiary/aromatic N) is 1. The number of methoxy groups -OCH3 is 1. The monoisotopic (exact) mass is 223 g/mol. The van der Waals surface area contributed by atoms with Crippen LogP contribution in [0.2, 0.25) is 0 Å². The molecule has 0 amide bonds. The molecule has 0 aliphatic carbocycles. The molecule has 1 aromatic carbocycles. The van der Waals surface area contributed by atoms with Gasteiger partial charge in [-0.15, -0.1) is 0 Å². The number of hydrogen-bond acceptors (Lipinski definition) is 4. The molecule has 0 spiro atoms. The van der Waals surface area contributed by atoms with Gasteiger partial charge >= 0.3 is 0 Å². The van der Waals surface area contributed by atoms with Crippen LogP contribution in [0.1, 0.15) is 11.1 Å². The van der Waals surface area contributed by atoms with Crippen molar-refractivity contribution in [1.29, 1.82) is 0 Å². The van der Waals surface area contributed by atoms with Gasteiger partial charge in [0.1, 0.15) is 0 Å². The highest BCUT2D eigenvalue weighted by Gasteiger charge is 2.00. The molecular weight excluding hydrogens is 206 g/mol. The zero-order valence-electron chi connectivity index (χ0n) is 9.31. The summed E-state index contributed by atoms with van der Waals surface area (Å²) < 4.78 is 4.92. The van der Waals surface area contributed by atoms with Crippen LogP contribution in [0.25, 0.3) is 0 Å². The van der Waals surface area contributed by atoms with Crippen molar-refractivity contribution in [2.45, 2.75) is 6.54 Å². The zero-order valence-corrected chi connectivity index (χ0v) is 9.31. The molecule has 16 heavy (non-hydrogen) atoms. The fourth-order valence-electron chi connectivity index (χ4n) is 1.31. The van der Waals surface area contributed by atoms with Gasteiger partial charge in [0.05, 0.1) is 6.61 Å². The molecule has 0 aliphatic rings. The standard InChI is InChI=1S/C11H17N3O2/c1-16-6-5-13-8-9-3-2-4-10(7-9)11(12)14-15/h2-4,7,13,15H,5-6,8H2,1H3,(H2,12,14). The third-order valence-electron chi connectivity index (χ3n) is 2.14. The molecule has 0 saturated carbocycles. The molecule has 0 radical (unpaired) electrons. The number of amidine groups is 1. The fourth-order valence-corrected chi connectivity index (χ4v) is 1.31. The Morgan fingerprint density at radius 1 is 1.56 bits per heavy atom. The van der Waals surface area contributed by atoms with Gasteiger partial charge in [-0.1, -0.05) is 23.4 Å². The molecular formula is C11H17N3O2. The van der Waals surface area contributed by atoms with E-state index in [0.29, 0.717) is 12.2 Å². The van der Waals surface area contributed by atoms with E-state index >= 15 is 0 Å². The fraction of sp³-hybridized carbons (Fsp3) is 0.364. The maximum absolute atomic E-state index is 8.56. The van der Waals surface area contributed by atoms with Crippen molar-refractivity contribution in [3.63, 3.8) is 0 Å². The highest BCUT2D eigenvalue weighted by atomic mass is 16.5. The van der Waals surface area contributed by atoms with E-state index in [-0.39, 0.29) is 5.84 Å². The van der Waals surface area contributed by atoms with E-state index < -0.39 is 0 Å². The van der Waals surface area contributed by atoms with Crippen LogP contribution < -0.4 is 11.1 Å². The van der Waals surface area contributed by atoms with Crippen molar-refractivity contribution in [3.05, 3.63) is 35.4 Å². The molecule has 88 valence electrons. The molecule has 1 rings (SSSR count). The largest absolute Gasteiger partial charge is 0.409 e. The highest BCUT2D eigenvalue weighted by Crippen LogP contribution is 2.04. The third kappa shape index (κ3) is 3.88. The van der Waals surface area contributed by atoms with Gasteiger partial charge in [-0.3, -0.25) is 0 Å². The van der Waals surface area contributed by atoms with Gasteiger partial charge in [-0.25, -0.2) is 0 Å². The highest BCUT2D eigenvalue weighted by molar-refractivity contribution is 5.97. The van der Waals surface area contributed by atoms with Crippen molar-refractivity contribution in [2.24, 2.45) is 10.9 Å². The molecule has 0 atom stereocenters. The number of nitrogens with one attached hydrogen (secondary N) is 1. The average Bonchev–Trinajstić information content (AvgIpc) is 2.34. The first-order valence-corrected chi connectivity index (χ1v) is 5.04. The number of nitrogens with two attached hydrogens (primary N) is 1. The van der Waals surface area contributed by atoms with Crippen LogP contribution in [0.4, 0.5) is 0 Å².